The van der Waals surface area contributed by atoms with Gasteiger partial charge in [-0.05, 0) is 18.6 Å². The fraction of sp³-hybridized carbons (Fsp3) is 0.308. The molecule has 0 unspecified atom stereocenters. The molecule has 0 fully saturated rings. The van der Waals surface area contributed by atoms with Crippen molar-refractivity contribution in [2.75, 3.05) is 0 Å². The summed E-state index contributed by atoms with van der Waals surface area (Å²) in [6, 6.07) is 4.99. The van der Waals surface area contributed by atoms with E-state index in [-0.39, 0.29) is 0 Å². The van der Waals surface area contributed by atoms with E-state index in [4.69, 9.17) is 0 Å². The predicted molar refractivity (Wildman–Crippen MR) is 63.0 cm³/mol. The number of nitrogens with zero attached hydrogens (tertiary/aromatic N) is 1. The third kappa shape index (κ3) is 2.72. The average Bonchev–Trinajstić information content (AvgIpc) is 2.77. The maximum atomic E-state index is 12.4. The van der Waals surface area contributed by atoms with Crippen LogP contribution in [0.1, 0.15) is 24.6 Å². The monoisotopic (exact) mass is 254 g/mol. The van der Waals surface area contributed by atoms with E-state index in [2.05, 4.69) is 16.9 Å². The quantitative estimate of drug-likeness (QED) is 0.879. The summed E-state index contributed by atoms with van der Waals surface area (Å²) in [5.74, 6) is 0.604. The van der Waals surface area contributed by atoms with E-state index in [9.17, 15) is 13.2 Å². The first-order chi connectivity index (χ1) is 8.50. The van der Waals surface area contributed by atoms with Crippen LogP contribution in [0.4, 0.5) is 13.2 Å². The van der Waals surface area contributed by atoms with Crippen molar-refractivity contribution in [1.29, 1.82) is 0 Å². The number of aromatic nitrogens is 2. The van der Waals surface area contributed by atoms with Crippen LogP contribution in [0.25, 0.3) is 11.4 Å². The van der Waals surface area contributed by atoms with Crippen LogP contribution in [0.3, 0.4) is 0 Å². The molecular formula is C13H13F3N2. The molecule has 96 valence electrons. The van der Waals surface area contributed by atoms with Crippen LogP contribution >= 0.6 is 0 Å². The molecule has 0 aliphatic carbocycles. The smallest absolute Gasteiger partial charge is 0.342 e. The number of hydrogen-bond donors (Lipinski definition) is 1. The van der Waals surface area contributed by atoms with E-state index >= 15 is 0 Å². The number of benzene rings is 1. The highest BCUT2D eigenvalue weighted by Gasteiger charge is 2.30. The molecule has 0 amide bonds. The van der Waals surface area contributed by atoms with Gasteiger partial charge in [0.15, 0.2) is 0 Å². The minimum absolute atomic E-state index is 0.604. The van der Waals surface area contributed by atoms with Crippen molar-refractivity contribution in [3.8, 4) is 11.4 Å². The van der Waals surface area contributed by atoms with Crippen LogP contribution < -0.4 is 0 Å². The van der Waals surface area contributed by atoms with E-state index in [0.29, 0.717) is 11.4 Å². The van der Waals surface area contributed by atoms with Crippen molar-refractivity contribution < 1.29 is 13.2 Å². The van der Waals surface area contributed by atoms with Crippen molar-refractivity contribution in [3.63, 3.8) is 0 Å². The fourth-order valence-corrected chi connectivity index (χ4v) is 1.72. The molecule has 0 aliphatic rings. The molecule has 1 heterocycles. The highest BCUT2D eigenvalue weighted by molar-refractivity contribution is 5.55. The first-order valence-corrected chi connectivity index (χ1v) is 5.72. The van der Waals surface area contributed by atoms with Crippen molar-refractivity contribution >= 4 is 0 Å². The van der Waals surface area contributed by atoms with Gasteiger partial charge in [0.2, 0.25) is 0 Å². The summed E-state index contributed by atoms with van der Waals surface area (Å²) in [4.78, 5) is 7.26. The number of nitrogens with one attached hydrogen (secondary N) is 1. The molecule has 1 aromatic carbocycles. The van der Waals surface area contributed by atoms with Crippen molar-refractivity contribution in [1.82, 2.24) is 9.97 Å². The summed E-state index contributed by atoms with van der Waals surface area (Å²) < 4.78 is 37.2. The van der Waals surface area contributed by atoms with Crippen LogP contribution in [-0.4, -0.2) is 9.97 Å². The Bertz CT molecular complexity index is 512. The molecule has 1 aromatic heterocycles. The van der Waals surface area contributed by atoms with Gasteiger partial charge in [-0.15, -0.1) is 0 Å². The van der Waals surface area contributed by atoms with Crippen LogP contribution in [0.2, 0.25) is 0 Å². The summed E-state index contributed by atoms with van der Waals surface area (Å²) in [7, 11) is 0. The average molecular weight is 254 g/mol. The summed E-state index contributed by atoms with van der Waals surface area (Å²) >= 11 is 0. The van der Waals surface area contributed by atoms with E-state index in [0.717, 1.165) is 30.7 Å². The van der Waals surface area contributed by atoms with Crippen LogP contribution in [0, 0.1) is 0 Å². The molecule has 0 bridgehead atoms. The number of halogens is 3. The number of hydrogen-bond acceptors (Lipinski definition) is 1. The first kappa shape index (κ1) is 12.7. The molecule has 0 aliphatic heterocycles. The van der Waals surface area contributed by atoms with Gasteiger partial charge in [0.1, 0.15) is 5.82 Å². The maximum Gasteiger partial charge on any atom is 0.416 e. The van der Waals surface area contributed by atoms with Gasteiger partial charge in [0, 0.05) is 17.5 Å². The zero-order valence-corrected chi connectivity index (χ0v) is 9.88. The van der Waals surface area contributed by atoms with Gasteiger partial charge in [-0.1, -0.05) is 25.5 Å². The molecule has 0 spiro atoms. The second-order valence-corrected chi connectivity index (χ2v) is 4.08. The van der Waals surface area contributed by atoms with Gasteiger partial charge < -0.3 is 4.98 Å². The lowest BCUT2D eigenvalue weighted by Gasteiger charge is -2.06. The minimum atomic E-state index is -4.30. The predicted octanol–water partition coefficient (Wildman–Crippen LogP) is 4.05. The van der Waals surface area contributed by atoms with Crippen molar-refractivity contribution in [2.45, 2.75) is 25.9 Å². The Balaban J connectivity index is 2.23. The Morgan fingerprint density at radius 2 is 1.83 bits per heavy atom. The molecule has 0 atom stereocenters. The third-order valence-corrected chi connectivity index (χ3v) is 2.63. The van der Waals surface area contributed by atoms with Gasteiger partial charge >= 0.3 is 6.18 Å². The molecule has 18 heavy (non-hydrogen) atoms. The molecule has 2 rings (SSSR count). The van der Waals surface area contributed by atoms with Crippen molar-refractivity contribution in [3.05, 3.63) is 41.7 Å². The molecule has 1 N–H and O–H groups in total. The Hall–Kier alpha value is -1.78. The van der Waals surface area contributed by atoms with Gasteiger partial charge in [-0.25, -0.2) is 4.98 Å². The van der Waals surface area contributed by atoms with E-state index in [1.165, 1.54) is 12.1 Å². The van der Waals surface area contributed by atoms with Crippen molar-refractivity contribution in [2.24, 2.45) is 0 Å². The summed E-state index contributed by atoms with van der Waals surface area (Å²) in [6.45, 7) is 2.05. The second kappa shape index (κ2) is 4.84. The molecule has 2 aromatic rings. The Morgan fingerprint density at radius 3 is 2.39 bits per heavy atom. The number of rotatable bonds is 3. The van der Waals surface area contributed by atoms with Crippen LogP contribution in [0.5, 0.6) is 0 Å². The normalized spacial score (nSPS) is 11.8. The van der Waals surface area contributed by atoms with Gasteiger partial charge in [0.05, 0.1) is 5.56 Å². The van der Waals surface area contributed by atoms with E-state index in [1.807, 2.05) is 0 Å². The van der Waals surface area contributed by atoms with E-state index < -0.39 is 11.7 Å². The molecule has 2 nitrogen and oxygen atoms in total. The topological polar surface area (TPSA) is 28.7 Å². The van der Waals surface area contributed by atoms with Crippen LogP contribution in [0.15, 0.2) is 30.5 Å². The maximum absolute atomic E-state index is 12.4. The summed E-state index contributed by atoms with van der Waals surface area (Å²) in [5.41, 5.74) is 1.00. The van der Waals surface area contributed by atoms with Gasteiger partial charge in [-0.2, -0.15) is 13.2 Å². The lowest BCUT2D eigenvalue weighted by molar-refractivity contribution is -0.137. The van der Waals surface area contributed by atoms with Crippen LogP contribution in [-0.2, 0) is 12.6 Å². The van der Waals surface area contributed by atoms with Gasteiger partial charge in [0.25, 0.3) is 0 Å². The lowest BCUT2D eigenvalue weighted by atomic mass is 10.1. The fourth-order valence-electron chi connectivity index (χ4n) is 1.72. The Labute approximate surface area is 103 Å². The number of imidazole rings is 1. The second-order valence-electron chi connectivity index (χ2n) is 4.08. The molecule has 5 heteroatoms. The Morgan fingerprint density at radius 1 is 1.17 bits per heavy atom. The zero-order chi connectivity index (χ0) is 13.2. The number of aromatic amines is 1. The van der Waals surface area contributed by atoms with Gasteiger partial charge in [-0.3, -0.25) is 0 Å². The zero-order valence-electron chi connectivity index (χ0n) is 9.88. The Kier molecular flexibility index (Phi) is 3.41. The minimum Gasteiger partial charge on any atom is -0.342 e. The van der Waals surface area contributed by atoms with E-state index in [1.54, 1.807) is 6.20 Å². The first-order valence-electron chi connectivity index (χ1n) is 5.72. The molecule has 0 radical (unpaired) electrons. The summed E-state index contributed by atoms with van der Waals surface area (Å²) in [5, 5.41) is 0. The number of H-pyrrole nitrogens is 1. The highest BCUT2D eigenvalue weighted by atomic mass is 19.4. The number of aryl methyl sites for hydroxylation is 1. The standard InChI is InChI=1S/C13H13F3N2/c1-2-3-11-8-17-12(18-11)9-4-6-10(7-5-9)13(14,15)16/h4-8H,2-3H2,1H3,(H,17,18). The SMILES string of the molecule is CCCc1cnc(-c2ccc(C(F)(F)F)cc2)[nH]1. The lowest BCUT2D eigenvalue weighted by Crippen LogP contribution is -2.04. The molecular weight excluding hydrogens is 241 g/mol. The molecule has 0 saturated heterocycles. The number of alkyl halides is 3. The highest BCUT2D eigenvalue weighted by Crippen LogP contribution is 2.30. The largest absolute Gasteiger partial charge is 0.416 e. The molecule has 0 saturated carbocycles. The third-order valence-electron chi connectivity index (χ3n) is 2.63. The summed E-state index contributed by atoms with van der Waals surface area (Å²) in [6.07, 6.45) is -0.701.